The monoisotopic (exact) mass is 258 g/mol. The van der Waals surface area contributed by atoms with Crippen molar-refractivity contribution < 1.29 is 14.8 Å². The third kappa shape index (κ3) is 2.86. The third-order valence-electron chi connectivity index (χ3n) is 2.51. The van der Waals surface area contributed by atoms with Crippen molar-refractivity contribution in [1.29, 1.82) is 0 Å². The summed E-state index contributed by atoms with van der Waals surface area (Å²) >= 11 is 0. The van der Waals surface area contributed by atoms with E-state index in [1.54, 1.807) is 30.3 Å². The number of carbonyl (C=O) groups is 1. The fourth-order valence-electron chi connectivity index (χ4n) is 1.59. The summed E-state index contributed by atoms with van der Waals surface area (Å²) in [5.41, 5.74) is 1.06. The van der Waals surface area contributed by atoms with Gasteiger partial charge in [-0.15, -0.1) is 0 Å². The van der Waals surface area contributed by atoms with Gasteiger partial charge in [-0.1, -0.05) is 12.1 Å². The summed E-state index contributed by atoms with van der Waals surface area (Å²) in [5, 5.41) is 22.5. The first-order chi connectivity index (χ1) is 9.08. The highest BCUT2D eigenvalue weighted by Crippen LogP contribution is 2.26. The molecule has 0 radical (unpaired) electrons. The zero-order valence-corrected chi connectivity index (χ0v) is 9.74. The van der Waals surface area contributed by atoms with Crippen LogP contribution in [0.3, 0.4) is 0 Å². The molecule has 2 rings (SSSR count). The number of hydrogen-bond acceptors (Lipinski definition) is 4. The van der Waals surface area contributed by atoms with Crippen LogP contribution >= 0.6 is 0 Å². The van der Waals surface area contributed by atoms with Crippen molar-refractivity contribution in [3.05, 3.63) is 64.2 Å². The van der Waals surface area contributed by atoms with Gasteiger partial charge in [-0.3, -0.25) is 10.1 Å². The summed E-state index contributed by atoms with van der Waals surface area (Å²) in [6.45, 7) is 0. The second-order valence-corrected chi connectivity index (χ2v) is 3.78. The molecule has 0 atom stereocenters. The van der Waals surface area contributed by atoms with Crippen LogP contribution in [0.25, 0.3) is 0 Å². The van der Waals surface area contributed by atoms with Crippen LogP contribution < -0.4 is 5.32 Å². The van der Waals surface area contributed by atoms with Gasteiger partial charge >= 0.3 is 5.97 Å². The highest BCUT2D eigenvalue weighted by molar-refractivity contribution is 5.88. The molecule has 0 fully saturated rings. The lowest BCUT2D eigenvalue weighted by atomic mass is 10.2. The van der Waals surface area contributed by atoms with Gasteiger partial charge in [0.05, 0.1) is 10.5 Å². The summed E-state index contributed by atoms with van der Waals surface area (Å²) < 4.78 is 0. The normalized spacial score (nSPS) is 9.89. The van der Waals surface area contributed by atoms with Gasteiger partial charge in [0, 0.05) is 11.8 Å². The molecule has 0 bridgehead atoms. The average Bonchev–Trinajstić information content (AvgIpc) is 2.39. The minimum atomic E-state index is -1.02. The molecule has 0 amide bonds. The molecule has 0 saturated heterocycles. The molecular formula is C13H10N2O4. The van der Waals surface area contributed by atoms with E-state index in [-0.39, 0.29) is 11.3 Å². The molecule has 0 aliphatic rings. The largest absolute Gasteiger partial charge is 0.478 e. The summed E-state index contributed by atoms with van der Waals surface area (Å²) in [6.07, 6.45) is 0. The Hall–Kier alpha value is -2.89. The molecule has 0 aliphatic carbocycles. The van der Waals surface area contributed by atoms with Crippen molar-refractivity contribution >= 4 is 23.0 Å². The number of carboxylic acids is 1. The van der Waals surface area contributed by atoms with Crippen LogP contribution in [-0.2, 0) is 0 Å². The van der Waals surface area contributed by atoms with Crippen LogP contribution in [0, 0.1) is 10.1 Å². The van der Waals surface area contributed by atoms with Crippen LogP contribution in [0.15, 0.2) is 48.5 Å². The van der Waals surface area contributed by atoms with Crippen LogP contribution in [0.4, 0.5) is 17.1 Å². The number of nitrogens with zero attached hydrogens (tertiary/aromatic N) is 1. The topological polar surface area (TPSA) is 92.5 Å². The van der Waals surface area contributed by atoms with Gasteiger partial charge in [-0.2, -0.15) is 0 Å². The van der Waals surface area contributed by atoms with Gasteiger partial charge in [0.15, 0.2) is 0 Å². The molecule has 19 heavy (non-hydrogen) atoms. The van der Waals surface area contributed by atoms with Gasteiger partial charge < -0.3 is 10.4 Å². The Bertz CT molecular complexity index is 623. The summed E-state index contributed by atoms with van der Waals surface area (Å²) in [6, 6.07) is 12.2. The average molecular weight is 258 g/mol. The summed E-state index contributed by atoms with van der Waals surface area (Å²) in [4.78, 5) is 21.1. The minimum absolute atomic E-state index is 0.0372. The molecule has 0 heterocycles. The Morgan fingerprint density at radius 3 is 2.32 bits per heavy atom. The van der Waals surface area contributed by atoms with Crippen molar-refractivity contribution in [2.45, 2.75) is 0 Å². The molecule has 2 N–H and O–H groups in total. The highest BCUT2D eigenvalue weighted by Gasteiger charge is 2.12. The van der Waals surface area contributed by atoms with E-state index in [0.717, 1.165) is 0 Å². The zero-order chi connectivity index (χ0) is 13.8. The maximum absolute atomic E-state index is 10.8. The molecule has 0 aliphatic heterocycles. The van der Waals surface area contributed by atoms with E-state index >= 15 is 0 Å². The molecular weight excluding hydrogens is 248 g/mol. The van der Waals surface area contributed by atoms with E-state index in [1.807, 2.05) is 0 Å². The smallest absolute Gasteiger partial charge is 0.335 e. The van der Waals surface area contributed by atoms with E-state index < -0.39 is 10.9 Å². The maximum atomic E-state index is 10.8. The van der Waals surface area contributed by atoms with Crippen molar-refractivity contribution in [2.24, 2.45) is 0 Å². The zero-order valence-electron chi connectivity index (χ0n) is 9.74. The van der Waals surface area contributed by atoms with Crippen LogP contribution in [0.2, 0.25) is 0 Å². The number of nitrogens with one attached hydrogen (secondary N) is 1. The van der Waals surface area contributed by atoms with Crippen LogP contribution in [0.1, 0.15) is 10.4 Å². The van der Waals surface area contributed by atoms with Crippen molar-refractivity contribution in [1.82, 2.24) is 0 Å². The van der Waals surface area contributed by atoms with Crippen molar-refractivity contribution in [3.63, 3.8) is 0 Å². The Labute approximate surface area is 108 Å². The summed E-state index contributed by atoms with van der Waals surface area (Å²) in [5.74, 6) is -1.02. The molecule has 6 nitrogen and oxygen atoms in total. The number of nitro groups is 1. The van der Waals surface area contributed by atoms with Gasteiger partial charge in [-0.25, -0.2) is 4.79 Å². The Balaban J connectivity index is 2.26. The third-order valence-corrected chi connectivity index (χ3v) is 2.51. The lowest BCUT2D eigenvalue weighted by molar-refractivity contribution is -0.383. The first-order valence-corrected chi connectivity index (χ1v) is 5.42. The molecule has 96 valence electrons. The van der Waals surface area contributed by atoms with Gasteiger partial charge in [0.2, 0.25) is 0 Å². The number of anilines is 2. The number of aromatic carboxylic acids is 1. The molecule has 2 aromatic carbocycles. The number of hydrogen-bond donors (Lipinski definition) is 2. The Morgan fingerprint density at radius 1 is 1.11 bits per heavy atom. The van der Waals surface area contributed by atoms with Gasteiger partial charge in [-0.05, 0) is 30.3 Å². The predicted molar refractivity (Wildman–Crippen MR) is 69.8 cm³/mol. The molecule has 2 aromatic rings. The number of para-hydroxylation sites is 2. The fraction of sp³-hybridized carbons (Fsp3) is 0. The van der Waals surface area contributed by atoms with E-state index in [4.69, 9.17) is 5.11 Å². The minimum Gasteiger partial charge on any atom is -0.478 e. The van der Waals surface area contributed by atoms with Crippen LogP contribution in [-0.4, -0.2) is 16.0 Å². The number of benzene rings is 2. The standard InChI is InChI=1S/C13H10N2O4/c16-13(17)9-5-7-10(8-6-9)14-11-3-1-2-4-12(11)15(18)19/h1-8,14H,(H,16,17). The Morgan fingerprint density at radius 2 is 1.74 bits per heavy atom. The highest BCUT2D eigenvalue weighted by atomic mass is 16.6. The van der Waals surface area contributed by atoms with Crippen molar-refractivity contribution in [2.75, 3.05) is 5.32 Å². The molecule has 6 heteroatoms. The molecule has 0 unspecified atom stereocenters. The number of carboxylic acid groups (broad SMARTS) is 1. The van der Waals surface area contributed by atoms with Crippen molar-refractivity contribution in [3.8, 4) is 0 Å². The number of rotatable bonds is 4. The number of nitro benzene ring substituents is 1. The second-order valence-electron chi connectivity index (χ2n) is 3.78. The summed E-state index contributed by atoms with van der Waals surface area (Å²) in [7, 11) is 0. The molecule has 0 aromatic heterocycles. The lowest BCUT2D eigenvalue weighted by Gasteiger charge is -2.07. The molecule has 0 saturated carbocycles. The predicted octanol–water partition coefficient (Wildman–Crippen LogP) is 3.04. The van der Waals surface area contributed by atoms with Gasteiger partial charge in [0.1, 0.15) is 5.69 Å². The SMILES string of the molecule is O=C(O)c1ccc(Nc2ccccc2[N+](=O)[O-])cc1. The lowest BCUT2D eigenvalue weighted by Crippen LogP contribution is -1.98. The van der Waals surface area contributed by atoms with E-state index in [9.17, 15) is 14.9 Å². The van der Waals surface area contributed by atoms with Gasteiger partial charge in [0.25, 0.3) is 5.69 Å². The van der Waals surface area contributed by atoms with E-state index in [2.05, 4.69) is 5.32 Å². The van der Waals surface area contributed by atoms with E-state index in [0.29, 0.717) is 11.4 Å². The quantitative estimate of drug-likeness (QED) is 0.649. The second kappa shape index (κ2) is 5.18. The van der Waals surface area contributed by atoms with Crippen LogP contribution in [0.5, 0.6) is 0 Å². The van der Waals surface area contributed by atoms with E-state index in [1.165, 1.54) is 18.2 Å². The first-order valence-electron chi connectivity index (χ1n) is 5.42. The first kappa shape index (κ1) is 12.6. The molecule has 0 spiro atoms. The Kier molecular flexibility index (Phi) is 3.42. The fourth-order valence-corrected chi connectivity index (χ4v) is 1.59. The maximum Gasteiger partial charge on any atom is 0.335 e.